The van der Waals surface area contributed by atoms with Gasteiger partial charge in [0.2, 0.25) is 0 Å². The van der Waals surface area contributed by atoms with Crippen LogP contribution in [0.5, 0.6) is 0 Å². The van der Waals surface area contributed by atoms with E-state index in [0.717, 1.165) is 167 Å². The van der Waals surface area contributed by atoms with Crippen molar-refractivity contribution in [2.75, 3.05) is 26.4 Å². The molecule has 9 nitrogen and oxygen atoms in total. The van der Waals surface area contributed by atoms with E-state index in [1.807, 2.05) is 0 Å². The van der Waals surface area contributed by atoms with Crippen molar-refractivity contribution in [1.29, 1.82) is 0 Å². The summed E-state index contributed by atoms with van der Waals surface area (Å²) in [6, 6.07) is 0. The summed E-state index contributed by atoms with van der Waals surface area (Å²) in [4.78, 5) is 35.2. The first kappa shape index (κ1) is 75.8. The van der Waals surface area contributed by atoms with E-state index >= 15 is 0 Å². The molecule has 0 spiro atoms. The van der Waals surface area contributed by atoms with Crippen LogP contribution in [0.2, 0.25) is 0 Å². The summed E-state index contributed by atoms with van der Waals surface area (Å²) < 4.78 is 33.0. The Kier molecular flexibility index (Phi) is 60.0. The first-order valence-corrected chi connectivity index (χ1v) is 32.4. The van der Waals surface area contributed by atoms with E-state index < -0.39 is 32.5 Å². The van der Waals surface area contributed by atoms with Gasteiger partial charge in [-0.2, -0.15) is 0 Å². The lowest BCUT2D eigenvalue weighted by molar-refractivity contribution is -0.161. The fraction of sp³-hybridized carbons (Fsp3) is 0.521. The highest BCUT2D eigenvalue weighted by Crippen LogP contribution is 2.43. The summed E-state index contributed by atoms with van der Waals surface area (Å²) in [5.74, 6) is -0.890. The van der Waals surface area contributed by atoms with Crippen molar-refractivity contribution in [3.05, 3.63) is 194 Å². The lowest BCUT2D eigenvalue weighted by atomic mass is 10.1. The van der Waals surface area contributed by atoms with Crippen LogP contribution in [0, 0.1) is 0 Å². The molecule has 0 aromatic rings. The highest BCUT2D eigenvalue weighted by Gasteiger charge is 2.26. The smallest absolute Gasteiger partial charge is 0.462 e. The monoisotopic (exact) mass is 1140 g/mol. The van der Waals surface area contributed by atoms with Gasteiger partial charge in [-0.1, -0.05) is 247 Å². The molecule has 0 aliphatic heterocycles. The number of ether oxygens (including phenoxy) is 2. The van der Waals surface area contributed by atoms with Gasteiger partial charge in [0.15, 0.2) is 6.10 Å². The molecule has 10 heteroatoms. The number of carbonyl (C=O) groups excluding carboxylic acids is 2. The molecule has 0 radical (unpaired) electrons. The molecule has 0 aliphatic rings. The van der Waals surface area contributed by atoms with Gasteiger partial charge in [0, 0.05) is 19.4 Å². The maximum atomic E-state index is 12.7. The zero-order chi connectivity index (χ0) is 58.7. The molecule has 0 saturated heterocycles. The van der Waals surface area contributed by atoms with Crippen molar-refractivity contribution in [2.45, 2.75) is 213 Å². The van der Waals surface area contributed by atoms with Crippen LogP contribution in [0.25, 0.3) is 0 Å². The summed E-state index contributed by atoms with van der Waals surface area (Å²) in [7, 11) is -4.41. The van der Waals surface area contributed by atoms with Crippen LogP contribution in [-0.2, 0) is 32.7 Å². The van der Waals surface area contributed by atoms with Crippen molar-refractivity contribution >= 4 is 19.8 Å². The molecule has 3 N–H and O–H groups in total. The second-order valence-corrected chi connectivity index (χ2v) is 20.9. The Morgan fingerprint density at radius 2 is 0.642 bits per heavy atom. The minimum Gasteiger partial charge on any atom is -0.462 e. The van der Waals surface area contributed by atoms with Gasteiger partial charge in [-0.05, 0) is 141 Å². The van der Waals surface area contributed by atoms with Crippen LogP contribution >= 0.6 is 7.82 Å². The molecule has 452 valence electrons. The molecule has 0 amide bonds. The number of unbranched alkanes of at least 4 members (excludes halogenated alkanes) is 10. The number of phosphoric ester groups is 1. The number of phosphoric acid groups is 1. The molecular formula is C71H110NO8P. The Hall–Kier alpha value is -5.15. The first-order valence-electron chi connectivity index (χ1n) is 30.9. The lowest BCUT2D eigenvalue weighted by Gasteiger charge is -2.19. The summed E-state index contributed by atoms with van der Waals surface area (Å²) >= 11 is 0. The molecule has 0 rings (SSSR count). The largest absolute Gasteiger partial charge is 0.472 e. The maximum Gasteiger partial charge on any atom is 0.472 e. The van der Waals surface area contributed by atoms with Crippen molar-refractivity contribution < 1.29 is 37.6 Å². The summed E-state index contributed by atoms with van der Waals surface area (Å²) in [5, 5.41) is 0. The fourth-order valence-corrected chi connectivity index (χ4v) is 8.25. The van der Waals surface area contributed by atoms with E-state index in [9.17, 15) is 19.0 Å². The molecule has 0 bridgehead atoms. The second kappa shape index (κ2) is 64.0. The van der Waals surface area contributed by atoms with Crippen LogP contribution < -0.4 is 5.73 Å². The van der Waals surface area contributed by atoms with Crippen molar-refractivity contribution in [3.8, 4) is 0 Å². The Labute approximate surface area is 494 Å². The van der Waals surface area contributed by atoms with Gasteiger partial charge in [0.1, 0.15) is 6.61 Å². The number of allylic oxidation sites excluding steroid dienone is 32. The van der Waals surface area contributed by atoms with E-state index in [-0.39, 0.29) is 32.6 Å². The number of nitrogens with two attached hydrogens (primary N) is 1. The molecule has 81 heavy (non-hydrogen) atoms. The van der Waals surface area contributed by atoms with Crippen molar-refractivity contribution in [2.24, 2.45) is 5.73 Å². The van der Waals surface area contributed by atoms with Crippen LogP contribution in [0.4, 0.5) is 0 Å². The molecule has 0 aromatic carbocycles. The third kappa shape index (κ3) is 63.9. The predicted molar refractivity (Wildman–Crippen MR) is 348 cm³/mol. The Morgan fingerprint density at radius 3 is 0.951 bits per heavy atom. The average molecular weight is 1140 g/mol. The van der Waals surface area contributed by atoms with Gasteiger partial charge in [0.05, 0.1) is 13.2 Å². The van der Waals surface area contributed by atoms with Gasteiger partial charge < -0.3 is 20.1 Å². The lowest BCUT2D eigenvalue weighted by Crippen LogP contribution is -2.29. The standard InChI is InChI=1S/C71H110NO8P/c1-3-5-7-9-11-13-15-17-19-21-23-24-25-26-27-28-29-30-31-32-33-34-35-36-37-38-39-40-41-42-43-44-46-48-50-52-54-56-58-60-62-64-71(74)80-69(68-79-81(75,76)78-66-65-72)67-77-70(73)63-61-59-57-55-53-51-49-47-45-22-20-18-16-14-12-10-8-6-4-2/h5-8,11-14,17-20,23-24,26-27,29-30,32-33,35-36,38-39,41-42,44-47,50,52,69H,3-4,9-10,15-16,21-22,25,28,31,34,37,40,43,48-49,51,53-68,72H2,1-2H3,(H,75,76)/b7-5-,8-6-,13-11-,14-12-,19-17-,20-18-,24-23-,27-26-,30-29-,33-32-,36-35-,39-38-,42-41-,46-44-,47-45-,52-50-. The normalized spacial score (nSPS) is 14.4. The number of hydrogen-bond acceptors (Lipinski definition) is 8. The minimum absolute atomic E-state index is 0.0357. The molecule has 2 unspecified atom stereocenters. The third-order valence-corrected chi connectivity index (χ3v) is 13.0. The zero-order valence-corrected chi connectivity index (χ0v) is 51.3. The molecule has 0 saturated carbocycles. The maximum absolute atomic E-state index is 12.7. The SMILES string of the molecule is CC/C=C\C/C=C\C/C=C\C/C=C\C/C=C\C/C=C\C/C=C\C/C=C\C/C=C\C/C=C\C/C=C\C/C=C\CCCCCCC(=O)OC(COC(=O)CCCCCCCC/C=C\C/C=C\C/C=C\C/C=C\CC)COP(=O)(O)OCCN. The Morgan fingerprint density at radius 1 is 0.370 bits per heavy atom. The van der Waals surface area contributed by atoms with Crippen LogP contribution in [0.3, 0.4) is 0 Å². The number of rotatable bonds is 55. The molecule has 0 aromatic heterocycles. The fourth-order valence-electron chi connectivity index (χ4n) is 7.49. The van der Waals surface area contributed by atoms with Crippen molar-refractivity contribution in [1.82, 2.24) is 0 Å². The number of esters is 2. The average Bonchev–Trinajstić information content (AvgIpc) is 3.46. The molecule has 0 heterocycles. The van der Waals surface area contributed by atoms with Gasteiger partial charge in [-0.15, -0.1) is 0 Å². The quantitative estimate of drug-likeness (QED) is 0.0264. The van der Waals surface area contributed by atoms with Gasteiger partial charge in [-0.3, -0.25) is 18.6 Å². The molecule has 0 fully saturated rings. The van der Waals surface area contributed by atoms with Crippen LogP contribution in [0.15, 0.2) is 194 Å². The summed E-state index contributed by atoms with van der Waals surface area (Å²) in [5.41, 5.74) is 5.38. The third-order valence-electron chi connectivity index (χ3n) is 12.0. The van der Waals surface area contributed by atoms with Crippen LogP contribution in [0.1, 0.15) is 206 Å². The summed E-state index contributed by atoms with van der Waals surface area (Å²) in [6.45, 7) is 3.43. The Bertz CT molecular complexity index is 2020. The van der Waals surface area contributed by atoms with Crippen LogP contribution in [-0.4, -0.2) is 49.3 Å². The molecular weight excluding hydrogens is 1030 g/mol. The van der Waals surface area contributed by atoms with Crippen molar-refractivity contribution in [3.63, 3.8) is 0 Å². The minimum atomic E-state index is -4.41. The van der Waals surface area contributed by atoms with E-state index in [1.165, 1.54) is 0 Å². The van der Waals surface area contributed by atoms with E-state index in [0.29, 0.717) is 12.8 Å². The first-order chi connectivity index (χ1) is 39.8. The number of hydrogen-bond donors (Lipinski definition) is 2. The van der Waals surface area contributed by atoms with Gasteiger partial charge in [-0.25, -0.2) is 4.57 Å². The molecule has 2 atom stereocenters. The van der Waals surface area contributed by atoms with Gasteiger partial charge in [0.25, 0.3) is 0 Å². The van der Waals surface area contributed by atoms with Gasteiger partial charge >= 0.3 is 19.8 Å². The zero-order valence-electron chi connectivity index (χ0n) is 50.4. The predicted octanol–water partition coefficient (Wildman–Crippen LogP) is 20.2. The van der Waals surface area contributed by atoms with E-state index in [2.05, 4.69) is 208 Å². The Balaban J connectivity index is 4.09. The highest BCUT2D eigenvalue weighted by atomic mass is 31.2. The summed E-state index contributed by atoms with van der Waals surface area (Å²) in [6.07, 6.45) is 97.8. The molecule has 0 aliphatic carbocycles. The topological polar surface area (TPSA) is 134 Å². The van der Waals surface area contributed by atoms with E-state index in [4.69, 9.17) is 24.3 Å². The highest BCUT2D eigenvalue weighted by molar-refractivity contribution is 7.47. The number of carbonyl (C=O) groups is 2. The second-order valence-electron chi connectivity index (χ2n) is 19.5. The van der Waals surface area contributed by atoms with E-state index in [1.54, 1.807) is 0 Å².